The van der Waals surface area contributed by atoms with Crippen LogP contribution in [0.4, 0.5) is 0 Å². The summed E-state index contributed by atoms with van der Waals surface area (Å²) in [7, 11) is 3.28. The first-order chi connectivity index (χ1) is 16.1. The van der Waals surface area contributed by atoms with E-state index >= 15 is 0 Å². The van der Waals surface area contributed by atoms with E-state index in [0.717, 1.165) is 32.8 Å². The lowest BCUT2D eigenvalue weighted by atomic mass is 10.2. The van der Waals surface area contributed by atoms with Crippen molar-refractivity contribution in [3.05, 3.63) is 83.2 Å². The maximum Gasteiger partial charge on any atom is 0.268 e. The average Bonchev–Trinajstić information content (AvgIpc) is 3.50. The van der Waals surface area contributed by atoms with Crippen LogP contribution in [-0.2, 0) is 5.75 Å². The van der Waals surface area contributed by atoms with Gasteiger partial charge in [0.25, 0.3) is 5.56 Å². The normalized spacial score (nSPS) is 11.1. The van der Waals surface area contributed by atoms with Crippen LogP contribution in [0.2, 0.25) is 0 Å². The van der Waals surface area contributed by atoms with Gasteiger partial charge in [-0.1, -0.05) is 17.8 Å². The zero-order chi connectivity index (χ0) is 22.8. The van der Waals surface area contributed by atoms with Crippen molar-refractivity contribution >= 4 is 33.3 Å². The van der Waals surface area contributed by atoms with E-state index in [1.54, 1.807) is 20.4 Å². The highest BCUT2D eigenvalue weighted by Gasteiger charge is 2.13. The minimum Gasteiger partial charge on any atom is -0.497 e. The number of H-pyrrole nitrogens is 1. The molecule has 33 heavy (non-hydrogen) atoms. The summed E-state index contributed by atoms with van der Waals surface area (Å²) < 4.78 is 13.2. The molecule has 3 aromatic heterocycles. The fourth-order valence-corrected chi connectivity index (χ4v) is 5.28. The predicted octanol–water partition coefficient (Wildman–Crippen LogP) is 5.15. The van der Waals surface area contributed by atoms with Gasteiger partial charge in [0.1, 0.15) is 22.0 Å². The van der Waals surface area contributed by atoms with E-state index in [9.17, 15) is 4.79 Å². The summed E-state index contributed by atoms with van der Waals surface area (Å²) in [5.74, 6) is 2.66. The number of imidazole rings is 1. The van der Waals surface area contributed by atoms with Crippen LogP contribution in [0.1, 0.15) is 5.82 Å². The Morgan fingerprint density at radius 2 is 1.88 bits per heavy atom. The maximum atomic E-state index is 12.7. The number of nitrogens with one attached hydrogen (secondary N) is 1. The molecule has 0 saturated heterocycles. The van der Waals surface area contributed by atoms with Crippen molar-refractivity contribution in [2.75, 3.05) is 14.2 Å². The molecule has 0 bridgehead atoms. The number of aromatic amines is 1. The third-order valence-corrected chi connectivity index (χ3v) is 7.23. The molecule has 1 N–H and O–H groups in total. The Morgan fingerprint density at radius 3 is 2.67 bits per heavy atom. The second-order valence-corrected chi connectivity index (χ2v) is 9.13. The topological polar surface area (TPSA) is 82.0 Å². The van der Waals surface area contributed by atoms with E-state index in [0.29, 0.717) is 21.8 Å². The number of hydrogen-bond acceptors (Lipinski definition) is 7. The molecule has 0 aliphatic heterocycles. The summed E-state index contributed by atoms with van der Waals surface area (Å²) in [6.45, 7) is 0. The van der Waals surface area contributed by atoms with Crippen LogP contribution in [0.3, 0.4) is 0 Å². The second kappa shape index (κ2) is 9.13. The van der Waals surface area contributed by atoms with Gasteiger partial charge >= 0.3 is 0 Å². The van der Waals surface area contributed by atoms with E-state index in [1.807, 2.05) is 65.4 Å². The lowest BCUT2D eigenvalue weighted by Crippen LogP contribution is -2.09. The van der Waals surface area contributed by atoms with Crippen molar-refractivity contribution < 1.29 is 9.47 Å². The molecule has 0 aliphatic carbocycles. The first-order valence-electron chi connectivity index (χ1n) is 10.1. The number of benzene rings is 2. The Kier molecular flexibility index (Phi) is 5.89. The minimum absolute atomic E-state index is 0.128. The van der Waals surface area contributed by atoms with Gasteiger partial charge in [0.05, 0.1) is 31.2 Å². The molecule has 3 heterocycles. The minimum atomic E-state index is -0.128. The first kappa shape index (κ1) is 21.3. The Bertz CT molecular complexity index is 1470. The summed E-state index contributed by atoms with van der Waals surface area (Å²) in [6, 6.07) is 17.5. The van der Waals surface area contributed by atoms with Crippen LogP contribution in [0.15, 0.2) is 76.9 Å². The van der Waals surface area contributed by atoms with Gasteiger partial charge in [0.15, 0.2) is 5.16 Å². The molecule has 166 valence electrons. The van der Waals surface area contributed by atoms with Crippen molar-refractivity contribution in [2.24, 2.45) is 0 Å². The smallest absolute Gasteiger partial charge is 0.268 e. The van der Waals surface area contributed by atoms with Gasteiger partial charge in [-0.25, -0.2) is 9.97 Å². The molecule has 0 saturated carbocycles. The number of ether oxygens (including phenoxy) is 2. The first-order valence-corrected chi connectivity index (χ1v) is 11.9. The van der Waals surface area contributed by atoms with E-state index < -0.39 is 0 Å². The van der Waals surface area contributed by atoms with Gasteiger partial charge in [0.2, 0.25) is 0 Å². The van der Waals surface area contributed by atoms with E-state index in [-0.39, 0.29) is 5.56 Å². The van der Waals surface area contributed by atoms with Crippen LogP contribution in [0.25, 0.3) is 26.3 Å². The van der Waals surface area contributed by atoms with Crippen molar-refractivity contribution in [2.45, 2.75) is 10.9 Å². The Labute approximate surface area is 198 Å². The lowest BCUT2D eigenvalue weighted by Gasteiger charge is -2.09. The molecule has 5 aromatic rings. The maximum absolute atomic E-state index is 12.7. The molecule has 0 unspecified atom stereocenters. The largest absolute Gasteiger partial charge is 0.497 e. The summed E-state index contributed by atoms with van der Waals surface area (Å²) in [5, 5.41) is 0.801. The quantitative estimate of drug-likeness (QED) is 0.327. The number of aromatic nitrogens is 4. The highest BCUT2D eigenvalue weighted by molar-refractivity contribution is 7.98. The van der Waals surface area contributed by atoms with E-state index in [2.05, 4.69) is 9.97 Å². The molecular formula is C24H20N4O3S2. The molecule has 0 radical (unpaired) electrons. The van der Waals surface area contributed by atoms with Crippen molar-refractivity contribution in [3.8, 4) is 27.6 Å². The summed E-state index contributed by atoms with van der Waals surface area (Å²) in [6.07, 6.45) is 3.65. The Balaban J connectivity index is 1.39. The molecule has 0 amide bonds. The standard InChI is InChI=1S/C24H20N4O3S2/c1-30-17-8-6-15(7-9-17)20-13-19-22(33-20)23(29)27-21(26-19)14-32-24-25-10-11-28(24)16-4-3-5-18(12-16)31-2/h3-13H,14H2,1-2H3,(H,26,27,29). The third kappa shape index (κ3) is 4.37. The van der Waals surface area contributed by atoms with Gasteiger partial charge in [-0.05, 0) is 48.0 Å². The molecule has 0 atom stereocenters. The average molecular weight is 477 g/mol. The number of hydrogen-bond donors (Lipinski definition) is 1. The fraction of sp³-hybridized carbons (Fsp3) is 0.125. The highest BCUT2D eigenvalue weighted by Crippen LogP contribution is 2.32. The number of fused-ring (bicyclic) bond motifs is 1. The predicted molar refractivity (Wildman–Crippen MR) is 132 cm³/mol. The zero-order valence-electron chi connectivity index (χ0n) is 17.9. The van der Waals surface area contributed by atoms with Crippen molar-refractivity contribution in [3.63, 3.8) is 0 Å². The van der Waals surface area contributed by atoms with Gasteiger partial charge in [0, 0.05) is 23.3 Å². The monoisotopic (exact) mass is 476 g/mol. The molecule has 2 aromatic carbocycles. The van der Waals surface area contributed by atoms with Crippen LogP contribution in [0, 0.1) is 0 Å². The zero-order valence-corrected chi connectivity index (χ0v) is 19.6. The van der Waals surface area contributed by atoms with Crippen LogP contribution in [0.5, 0.6) is 11.5 Å². The van der Waals surface area contributed by atoms with Crippen LogP contribution >= 0.6 is 23.1 Å². The lowest BCUT2D eigenvalue weighted by molar-refractivity contribution is 0.414. The van der Waals surface area contributed by atoms with Gasteiger partial charge < -0.3 is 14.5 Å². The number of thioether (sulfide) groups is 1. The molecule has 0 fully saturated rings. The number of thiophene rings is 1. The van der Waals surface area contributed by atoms with Gasteiger partial charge in [-0.3, -0.25) is 9.36 Å². The van der Waals surface area contributed by atoms with Crippen LogP contribution < -0.4 is 15.0 Å². The SMILES string of the molecule is COc1ccc(-c2cc3nc(CSc4nccn4-c4cccc(OC)c4)[nH]c(=O)c3s2)cc1. The number of methoxy groups -OCH3 is 2. The van der Waals surface area contributed by atoms with E-state index in [4.69, 9.17) is 14.5 Å². The Hall–Kier alpha value is -3.56. The highest BCUT2D eigenvalue weighted by atomic mass is 32.2. The van der Waals surface area contributed by atoms with Crippen molar-refractivity contribution in [1.82, 2.24) is 19.5 Å². The molecule has 9 heteroatoms. The number of nitrogens with zero attached hydrogens (tertiary/aromatic N) is 3. The molecule has 7 nitrogen and oxygen atoms in total. The van der Waals surface area contributed by atoms with E-state index in [1.165, 1.54) is 23.1 Å². The Morgan fingerprint density at radius 1 is 1.06 bits per heavy atom. The van der Waals surface area contributed by atoms with Gasteiger partial charge in [-0.2, -0.15) is 0 Å². The molecular weight excluding hydrogens is 456 g/mol. The second-order valence-electron chi connectivity index (χ2n) is 7.14. The summed E-state index contributed by atoms with van der Waals surface area (Å²) >= 11 is 2.94. The van der Waals surface area contributed by atoms with Gasteiger partial charge in [-0.15, -0.1) is 11.3 Å². The summed E-state index contributed by atoms with van der Waals surface area (Å²) in [5.41, 5.74) is 2.54. The van der Waals surface area contributed by atoms with Crippen LogP contribution in [-0.4, -0.2) is 33.7 Å². The third-order valence-electron chi connectivity index (χ3n) is 5.08. The molecule has 0 aliphatic rings. The molecule has 0 spiro atoms. The number of rotatable bonds is 7. The van der Waals surface area contributed by atoms with Crippen molar-refractivity contribution in [1.29, 1.82) is 0 Å². The molecule has 5 rings (SSSR count). The fourth-order valence-electron chi connectivity index (χ4n) is 3.44. The summed E-state index contributed by atoms with van der Waals surface area (Å²) in [4.78, 5) is 25.8.